The normalized spacial score (nSPS) is 16.2. The van der Waals surface area contributed by atoms with Gasteiger partial charge in [-0.25, -0.2) is 9.78 Å². The van der Waals surface area contributed by atoms with Gasteiger partial charge in [0, 0.05) is 31.1 Å². The summed E-state index contributed by atoms with van der Waals surface area (Å²) >= 11 is 7.73. The minimum atomic E-state index is -0.483. The predicted octanol–water partition coefficient (Wildman–Crippen LogP) is 4.10. The Labute approximate surface area is 156 Å². The van der Waals surface area contributed by atoms with E-state index in [-0.39, 0.29) is 11.4 Å². The summed E-state index contributed by atoms with van der Waals surface area (Å²) in [5.74, 6) is 0.852. The SMILES string of the molecule is Cc1cc2c(N3CCCN(C(=O)OC(C)(C)C)CC3)nc(Cl)nc2s1. The second-order valence-corrected chi connectivity index (χ2v) is 8.77. The Bertz CT molecular complexity index is 787. The van der Waals surface area contributed by atoms with Gasteiger partial charge in [0.25, 0.3) is 0 Å². The van der Waals surface area contributed by atoms with Crippen molar-refractivity contribution in [1.29, 1.82) is 0 Å². The molecule has 8 heteroatoms. The molecular formula is C17H23ClN4O2S. The van der Waals surface area contributed by atoms with Crippen LogP contribution >= 0.6 is 22.9 Å². The van der Waals surface area contributed by atoms with Gasteiger partial charge < -0.3 is 14.5 Å². The lowest BCUT2D eigenvalue weighted by atomic mass is 10.2. The number of aryl methyl sites for hydroxylation is 1. The number of rotatable bonds is 1. The van der Waals surface area contributed by atoms with Gasteiger partial charge in [0.2, 0.25) is 5.28 Å². The maximum absolute atomic E-state index is 12.3. The molecule has 136 valence electrons. The van der Waals surface area contributed by atoms with E-state index in [4.69, 9.17) is 16.3 Å². The summed E-state index contributed by atoms with van der Waals surface area (Å²) < 4.78 is 5.49. The van der Waals surface area contributed by atoms with Gasteiger partial charge in [-0.2, -0.15) is 4.98 Å². The van der Waals surface area contributed by atoms with Crippen LogP contribution in [0.1, 0.15) is 32.1 Å². The van der Waals surface area contributed by atoms with Crippen molar-refractivity contribution in [1.82, 2.24) is 14.9 Å². The Kier molecular flexibility index (Phi) is 5.06. The second kappa shape index (κ2) is 6.96. The molecule has 0 N–H and O–H groups in total. The van der Waals surface area contributed by atoms with E-state index in [2.05, 4.69) is 27.9 Å². The van der Waals surface area contributed by atoms with Crippen LogP contribution in [0.4, 0.5) is 10.6 Å². The first-order valence-electron chi connectivity index (χ1n) is 8.39. The Morgan fingerprint density at radius 3 is 2.72 bits per heavy atom. The number of hydrogen-bond donors (Lipinski definition) is 0. The van der Waals surface area contributed by atoms with Crippen LogP contribution in [0.15, 0.2) is 6.07 Å². The lowest BCUT2D eigenvalue weighted by molar-refractivity contribution is 0.0263. The highest BCUT2D eigenvalue weighted by Gasteiger charge is 2.26. The Morgan fingerprint density at radius 1 is 1.24 bits per heavy atom. The maximum atomic E-state index is 12.3. The zero-order valence-corrected chi connectivity index (χ0v) is 16.6. The highest BCUT2D eigenvalue weighted by molar-refractivity contribution is 7.18. The molecule has 1 saturated heterocycles. The van der Waals surface area contributed by atoms with Crippen molar-refractivity contribution in [2.24, 2.45) is 0 Å². The molecule has 1 aliphatic rings. The monoisotopic (exact) mass is 382 g/mol. The van der Waals surface area contributed by atoms with E-state index in [0.717, 1.165) is 29.0 Å². The average molecular weight is 383 g/mol. The van der Waals surface area contributed by atoms with Gasteiger partial charge >= 0.3 is 6.09 Å². The topological polar surface area (TPSA) is 58.6 Å². The molecular weight excluding hydrogens is 360 g/mol. The van der Waals surface area contributed by atoms with Gasteiger partial charge in [-0.15, -0.1) is 11.3 Å². The van der Waals surface area contributed by atoms with E-state index in [1.54, 1.807) is 16.2 Å². The standard InChI is InChI=1S/C17H23ClN4O2S/c1-11-10-12-13(19-15(18)20-14(12)25-11)21-6-5-7-22(9-8-21)16(23)24-17(2,3)4/h10H,5-9H2,1-4H3. The first-order valence-corrected chi connectivity index (χ1v) is 9.59. The van der Waals surface area contributed by atoms with Crippen LogP contribution in [-0.4, -0.2) is 52.7 Å². The molecule has 1 amide bonds. The minimum Gasteiger partial charge on any atom is -0.444 e. The van der Waals surface area contributed by atoms with Crippen LogP contribution in [0.5, 0.6) is 0 Å². The van der Waals surface area contributed by atoms with Crippen LogP contribution in [0, 0.1) is 6.92 Å². The lowest BCUT2D eigenvalue weighted by Gasteiger charge is -2.26. The Morgan fingerprint density at radius 2 is 2.00 bits per heavy atom. The van der Waals surface area contributed by atoms with Crippen LogP contribution in [0.2, 0.25) is 5.28 Å². The molecule has 0 unspecified atom stereocenters. The fourth-order valence-electron chi connectivity index (χ4n) is 2.88. The number of anilines is 1. The number of amides is 1. The third-order valence-corrected chi connectivity index (χ3v) is 5.03. The molecule has 0 aliphatic carbocycles. The molecule has 0 radical (unpaired) electrons. The lowest BCUT2D eigenvalue weighted by Crippen LogP contribution is -2.39. The van der Waals surface area contributed by atoms with Crippen molar-refractivity contribution in [3.8, 4) is 0 Å². The number of hydrogen-bond acceptors (Lipinski definition) is 6. The fourth-order valence-corrected chi connectivity index (χ4v) is 3.97. The quantitative estimate of drug-likeness (QED) is 0.695. The fraction of sp³-hybridized carbons (Fsp3) is 0.588. The number of thiophene rings is 1. The Hall–Kier alpha value is -1.60. The molecule has 0 spiro atoms. The van der Waals surface area contributed by atoms with Crippen molar-refractivity contribution >= 4 is 45.1 Å². The summed E-state index contributed by atoms with van der Waals surface area (Å²) in [6.07, 6.45) is 0.595. The first kappa shape index (κ1) is 18.2. The molecule has 2 aromatic rings. The van der Waals surface area contributed by atoms with Gasteiger partial charge in [-0.05, 0) is 51.8 Å². The number of carbonyl (C=O) groups excluding carboxylic acids is 1. The van der Waals surface area contributed by atoms with Gasteiger partial charge in [-0.3, -0.25) is 0 Å². The highest BCUT2D eigenvalue weighted by atomic mass is 35.5. The zero-order valence-electron chi connectivity index (χ0n) is 15.0. The van der Waals surface area contributed by atoms with E-state index < -0.39 is 5.60 Å². The maximum Gasteiger partial charge on any atom is 0.410 e. The summed E-state index contributed by atoms with van der Waals surface area (Å²) in [5, 5.41) is 1.29. The summed E-state index contributed by atoms with van der Waals surface area (Å²) in [7, 11) is 0. The summed E-state index contributed by atoms with van der Waals surface area (Å²) in [6.45, 7) is 10.5. The third kappa shape index (κ3) is 4.33. The first-order chi connectivity index (χ1) is 11.7. The van der Waals surface area contributed by atoms with Crippen molar-refractivity contribution in [3.05, 3.63) is 16.2 Å². The van der Waals surface area contributed by atoms with E-state index in [1.165, 1.54) is 4.88 Å². The van der Waals surface area contributed by atoms with E-state index in [0.29, 0.717) is 19.6 Å². The highest BCUT2D eigenvalue weighted by Crippen LogP contribution is 2.32. The molecule has 6 nitrogen and oxygen atoms in total. The molecule has 1 aliphatic heterocycles. The van der Waals surface area contributed by atoms with Crippen molar-refractivity contribution < 1.29 is 9.53 Å². The smallest absolute Gasteiger partial charge is 0.410 e. The van der Waals surface area contributed by atoms with Crippen molar-refractivity contribution in [3.63, 3.8) is 0 Å². The molecule has 3 heterocycles. The molecule has 0 aromatic carbocycles. The van der Waals surface area contributed by atoms with Crippen molar-refractivity contribution in [2.45, 2.75) is 39.7 Å². The number of carbonyl (C=O) groups is 1. The van der Waals surface area contributed by atoms with Gasteiger partial charge in [-0.1, -0.05) is 0 Å². The van der Waals surface area contributed by atoms with E-state index in [9.17, 15) is 4.79 Å². The molecule has 0 saturated carbocycles. The van der Waals surface area contributed by atoms with Gasteiger partial charge in [0.05, 0.1) is 5.39 Å². The van der Waals surface area contributed by atoms with Crippen LogP contribution in [0.3, 0.4) is 0 Å². The predicted molar refractivity (Wildman–Crippen MR) is 102 cm³/mol. The molecule has 3 rings (SSSR count). The summed E-state index contributed by atoms with van der Waals surface area (Å²) in [5.41, 5.74) is -0.483. The average Bonchev–Trinajstić information content (AvgIpc) is 2.70. The van der Waals surface area contributed by atoms with E-state index >= 15 is 0 Å². The zero-order chi connectivity index (χ0) is 18.2. The molecule has 25 heavy (non-hydrogen) atoms. The number of fused-ring (bicyclic) bond motifs is 1. The van der Waals surface area contributed by atoms with Crippen LogP contribution < -0.4 is 4.90 Å². The summed E-state index contributed by atoms with van der Waals surface area (Å²) in [4.78, 5) is 27.1. The number of ether oxygens (including phenoxy) is 1. The molecule has 0 bridgehead atoms. The molecule has 0 atom stereocenters. The Balaban J connectivity index is 1.79. The minimum absolute atomic E-state index is 0.258. The van der Waals surface area contributed by atoms with Gasteiger partial charge in [0.15, 0.2) is 0 Å². The van der Waals surface area contributed by atoms with Crippen LogP contribution in [0.25, 0.3) is 10.2 Å². The number of halogens is 1. The molecule has 1 fully saturated rings. The number of nitrogens with zero attached hydrogens (tertiary/aromatic N) is 4. The third-order valence-electron chi connectivity index (χ3n) is 3.92. The summed E-state index contributed by atoms with van der Waals surface area (Å²) in [6, 6.07) is 2.10. The largest absolute Gasteiger partial charge is 0.444 e. The number of aromatic nitrogens is 2. The van der Waals surface area contributed by atoms with Gasteiger partial charge in [0.1, 0.15) is 16.2 Å². The molecule has 2 aromatic heterocycles. The second-order valence-electron chi connectivity index (χ2n) is 7.20. The van der Waals surface area contributed by atoms with Crippen molar-refractivity contribution in [2.75, 3.05) is 31.1 Å². The van der Waals surface area contributed by atoms with Crippen LogP contribution in [-0.2, 0) is 4.74 Å². The van der Waals surface area contributed by atoms with E-state index in [1.807, 2.05) is 20.8 Å².